The second kappa shape index (κ2) is 14.3. The molecule has 264 valence electrons. The number of hydrogen-bond donors (Lipinski definition) is 0. The lowest BCUT2D eigenvalue weighted by Crippen LogP contribution is -2.10. The van der Waals surface area contributed by atoms with Crippen LogP contribution in [0.1, 0.15) is 0 Å². The summed E-state index contributed by atoms with van der Waals surface area (Å²) >= 11 is 0. The highest BCUT2D eigenvalue weighted by molar-refractivity contribution is 6.12. The summed E-state index contributed by atoms with van der Waals surface area (Å²) in [5.41, 5.74) is 14.1. The summed E-state index contributed by atoms with van der Waals surface area (Å²) in [5, 5.41) is 2.00. The SMILES string of the molecule is c1ccc(-c2ccc(N(c3cccc(-c4ccccc4)c3)c3ccc4c(c3)oc3cccc(-c5nc(-c6ccccc6)cc(-c6ccccc6)n5)c34)cc2)cc1. The molecule has 2 aromatic heterocycles. The summed E-state index contributed by atoms with van der Waals surface area (Å²) < 4.78 is 6.69. The lowest BCUT2D eigenvalue weighted by Gasteiger charge is -2.26. The van der Waals surface area contributed by atoms with Gasteiger partial charge in [-0.15, -0.1) is 0 Å². The van der Waals surface area contributed by atoms with E-state index in [1.54, 1.807) is 0 Å². The van der Waals surface area contributed by atoms with Crippen molar-refractivity contribution in [2.75, 3.05) is 4.90 Å². The van der Waals surface area contributed by atoms with Gasteiger partial charge in [0, 0.05) is 50.6 Å². The average molecular weight is 718 g/mol. The molecule has 0 fully saturated rings. The fourth-order valence-electron chi connectivity index (χ4n) is 7.56. The van der Waals surface area contributed by atoms with Gasteiger partial charge in [-0.1, -0.05) is 158 Å². The molecule has 4 nitrogen and oxygen atoms in total. The van der Waals surface area contributed by atoms with Crippen LogP contribution in [0.25, 0.3) is 78.1 Å². The molecule has 0 spiro atoms. The Morgan fingerprint density at radius 3 is 1.46 bits per heavy atom. The van der Waals surface area contributed by atoms with Crippen molar-refractivity contribution in [3.8, 4) is 56.2 Å². The van der Waals surface area contributed by atoms with Gasteiger partial charge in [-0.3, -0.25) is 0 Å². The Hall–Kier alpha value is -7.56. The number of anilines is 3. The molecular weight excluding hydrogens is 683 g/mol. The number of rotatable bonds is 8. The highest BCUT2D eigenvalue weighted by Crippen LogP contribution is 2.42. The minimum absolute atomic E-state index is 0.653. The summed E-state index contributed by atoms with van der Waals surface area (Å²) in [6.07, 6.45) is 0. The molecule has 0 amide bonds. The highest BCUT2D eigenvalue weighted by atomic mass is 16.3. The Labute approximate surface area is 325 Å². The minimum atomic E-state index is 0.653. The lowest BCUT2D eigenvalue weighted by atomic mass is 10.0. The maximum Gasteiger partial charge on any atom is 0.161 e. The normalized spacial score (nSPS) is 11.2. The molecule has 0 atom stereocenters. The Kier molecular flexibility index (Phi) is 8.47. The third kappa shape index (κ3) is 6.29. The van der Waals surface area contributed by atoms with Crippen LogP contribution in [0, 0.1) is 0 Å². The molecule has 0 aliphatic heterocycles. The smallest absolute Gasteiger partial charge is 0.161 e. The fourth-order valence-corrected chi connectivity index (χ4v) is 7.56. The molecule has 10 aromatic rings. The number of hydrogen-bond acceptors (Lipinski definition) is 4. The van der Waals surface area contributed by atoms with Crippen molar-refractivity contribution in [1.29, 1.82) is 0 Å². The molecule has 0 radical (unpaired) electrons. The van der Waals surface area contributed by atoms with Gasteiger partial charge in [0.2, 0.25) is 0 Å². The molecule has 2 heterocycles. The molecule has 0 aliphatic rings. The maximum atomic E-state index is 6.69. The Morgan fingerprint density at radius 1 is 0.339 bits per heavy atom. The topological polar surface area (TPSA) is 42.2 Å². The molecule has 4 heteroatoms. The number of nitrogens with zero attached hydrogens (tertiary/aromatic N) is 3. The summed E-state index contributed by atoms with van der Waals surface area (Å²) in [5.74, 6) is 0.653. The summed E-state index contributed by atoms with van der Waals surface area (Å²) in [7, 11) is 0. The van der Waals surface area contributed by atoms with E-state index < -0.39 is 0 Å². The van der Waals surface area contributed by atoms with E-state index >= 15 is 0 Å². The van der Waals surface area contributed by atoms with Crippen LogP contribution in [0.4, 0.5) is 17.1 Å². The van der Waals surface area contributed by atoms with Gasteiger partial charge in [-0.05, 0) is 70.8 Å². The molecule has 0 aliphatic carbocycles. The summed E-state index contributed by atoms with van der Waals surface area (Å²) in [6.45, 7) is 0. The van der Waals surface area contributed by atoms with Crippen molar-refractivity contribution in [2.45, 2.75) is 0 Å². The van der Waals surface area contributed by atoms with Gasteiger partial charge in [0.25, 0.3) is 0 Å². The second-order valence-corrected chi connectivity index (χ2v) is 13.8. The molecule has 8 aromatic carbocycles. The lowest BCUT2D eigenvalue weighted by molar-refractivity contribution is 0.669. The van der Waals surface area contributed by atoms with E-state index in [-0.39, 0.29) is 0 Å². The zero-order valence-corrected chi connectivity index (χ0v) is 30.5. The third-order valence-electron chi connectivity index (χ3n) is 10.3. The van der Waals surface area contributed by atoms with Crippen LogP contribution in [-0.2, 0) is 0 Å². The van der Waals surface area contributed by atoms with E-state index in [0.29, 0.717) is 5.82 Å². The molecule has 0 saturated heterocycles. The van der Waals surface area contributed by atoms with Gasteiger partial charge in [0.1, 0.15) is 11.2 Å². The first-order valence-electron chi connectivity index (χ1n) is 18.8. The first-order chi connectivity index (χ1) is 27.7. The molecule has 0 bridgehead atoms. The Morgan fingerprint density at radius 2 is 0.839 bits per heavy atom. The first-order valence-corrected chi connectivity index (χ1v) is 18.8. The largest absolute Gasteiger partial charge is 0.456 e. The van der Waals surface area contributed by atoms with Gasteiger partial charge < -0.3 is 9.32 Å². The molecule has 0 N–H and O–H groups in total. The number of furan rings is 1. The number of aromatic nitrogens is 2. The van der Waals surface area contributed by atoms with Crippen molar-refractivity contribution in [2.24, 2.45) is 0 Å². The van der Waals surface area contributed by atoms with Crippen molar-refractivity contribution >= 4 is 39.0 Å². The third-order valence-corrected chi connectivity index (χ3v) is 10.3. The predicted octanol–water partition coefficient (Wildman–Crippen LogP) is 14.2. The van der Waals surface area contributed by atoms with Crippen LogP contribution in [0.2, 0.25) is 0 Å². The monoisotopic (exact) mass is 717 g/mol. The fraction of sp³-hybridized carbons (Fsp3) is 0. The van der Waals surface area contributed by atoms with E-state index in [0.717, 1.165) is 72.6 Å². The summed E-state index contributed by atoms with van der Waals surface area (Å²) in [4.78, 5) is 12.6. The van der Waals surface area contributed by atoms with Gasteiger partial charge in [0.05, 0.1) is 11.4 Å². The van der Waals surface area contributed by atoms with Crippen LogP contribution in [-0.4, -0.2) is 9.97 Å². The van der Waals surface area contributed by atoms with E-state index in [1.165, 1.54) is 16.7 Å². The van der Waals surface area contributed by atoms with Crippen LogP contribution in [0.3, 0.4) is 0 Å². The van der Waals surface area contributed by atoms with Crippen molar-refractivity contribution < 1.29 is 4.42 Å². The zero-order chi connectivity index (χ0) is 37.3. The van der Waals surface area contributed by atoms with Gasteiger partial charge in [-0.25, -0.2) is 9.97 Å². The van der Waals surface area contributed by atoms with Crippen LogP contribution >= 0.6 is 0 Å². The van der Waals surface area contributed by atoms with Gasteiger partial charge in [-0.2, -0.15) is 0 Å². The minimum Gasteiger partial charge on any atom is -0.456 e. The van der Waals surface area contributed by atoms with Gasteiger partial charge in [0.15, 0.2) is 5.82 Å². The molecule has 56 heavy (non-hydrogen) atoms. The quantitative estimate of drug-likeness (QED) is 0.157. The molecule has 0 saturated carbocycles. The van der Waals surface area contributed by atoms with Crippen molar-refractivity contribution in [1.82, 2.24) is 9.97 Å². The van der Waals surface area contributed by atoms with Gasteiger partial charge >= 0.3 is 0 Å². The van der Waals surface area contributed by atoms with Crippen LogP contribution < -0.4 is 4.90 Å². The van der Waals surface area contributed by atoms with E-state index in [2.05, 4.69) is 163 Å². The Bertz CT molecular complexity index is 2880. The Balaban J connectivity index is 1.12. The van der Waals surface area contributed by atoms with E-state index in [1.807, 2.05) is 54.6 Å². The number of benzene rings is 8. The van der Waals surface area contributed by atoms with E-state index in [4.69, 9.17) is 14.4 Å². The standard InChI is InChI=1S/C52H35N3O/c1-5-15-36(16-6-1)38-27-29-42(30-28-38)55(43-24-13-23-41(33-43)37-17-7-2-8-18-37)44-31-32-45-50(34-44)56-49-26-14-25-46(51(45)49)52-53-47(39-19-9-3-10-20-39)35-48(54-52)40-21-11-4-12-22-40/h1-35H. The summed E-state index contributed by atoms with van der Waals surface area (Å²) in [6, 6.07) is 73.8. The van der Waals surface area contributed by atoms with Crippen LogP contribution in [0.5, 0.6) is 0 Å². The molecular formula is C52H35N3O. The molecule has 10 rings (SSSR count). The molecule has 0 unspecified atom stereocenters. The van der Waals surface area contributed by atoms with E-state index in [9.17, 15) is 0 Å². The highest BCUT2D eigenvalue weighted by Gasteiger charge is 2.20. The predicted molar refractivity (Wildman–Crippen MR) is 231 cm³/mol. The van der Waals surface area contributed by atoms with Crippen LogP contribution in [0.15, 0.2) is 217 Å². The van der Waals surface area contributed by atoms with Crippen molar-refractivity contribution in [3.63, 3.8) is 0 Å². The second-order valence-electron chi connectivity index (χ2n) is 13.8. The number of fused-ring (bicyclic) bond motifs is 3. The zero-order valence-electron chi connectivity index (χ0n) is 30.5. The maximum absolute atomic E-state index is 6.69. The first kappa shape index (κ1) is 33.0. The average Bonchev–Trinajstić information content (AvgIpc) is 3.66. The van der Waals surface area contributed by atoms with Crippen molar-refractivity contribution in [3.05, 3.63) is 212 Å².